The summed E-state index contributed by atoms with van der Waals surface area (Å²) >= 11 is 3.44. The van der Waals surface area contributed by atoms with Crippen molar-refractivity contribution in [1.82, 2.24) is 0 Å². The normalized spacial score (nSPS) is 21.5. The largest absolute Gasteiger partial charge is 0.347 e. The lowest BCUT2D eigenvalue weighted by Crippen LogP contribution is -2.31. The van der Waals surface area contributed by atoms with Crippen LogP contribution in [0, 0.1) is 0 Å². The van der Waals surface area contributed by atoms with Crippen molar-refractivity contribution in [3.05, 3.63) is 0 Å². The second-order valence-corrected chi connectivity index (χ2v) is 3.76. The molecular formula is C9H17BrO2. The Balaban J connectivity index is 2.24. The highest BCUT2D eigenvalue weighted by atomic mass is 79.9. The standard InChI is InChI=1S/C9H17BrO2/c1-2-3-4-5-9(8-10)11-6-7-12-9/h2-8H2,1H3. The molecule has 0 spiro atoms. The molecule has 0 aromatic carbocycles. The molecule has 72 valence electrons. The molecule has 0 unspecified atom stereocenters. The molecule has 0 aliphatic carbocycles. The maximum atomic E-state index is 5.57. The number of unbranched alkanes of at least 4 members (excludes halogenated alkanes) is 2. The predicted molar refractivity (Wildman–Crippen MR) is 52.6 cm³/mol. The van der Waals surface area contributed by atoms with Gasteiger partial charge in [0.25, 0.3) is 0 Å². The Morgan fingerprint density at radius 1 is 1.25 bits per heavy atom. The lowest BCUT2D eigenvalue weighted by Gasteiger charge is -2.24. The molecule has 0 atom stereocenters. The van der Waals surface area contributed by atoms with Gasteiger partial charge in [-0.1, -0.05) is 35.7 Å². The van der Waals surface area contributed by atoms with Crippen LogP contribution in [0.2, 0.25) is 0 Å². The Bertz CT molecular complexity index is 122. The van der Waals surface area contributed by atoms with Crippen molar-refractivity contribution in [2.75, 3.05) is 18.5 Å². The van der Waals surface area contributed by atoms with Gasteiger partial charge in [0.2, 0.25) is 0 Å². The predicted octanol–water partition coefficient (Wildman–Crippen LogP) is 2.70. The van der Waals surface area contributed by atoms with Crippen LogP contribution >= 0.6 is 15.9 Å². The zero-order chi connectivity index (χ0) is 8.86. The second kappa shape index (κ2) is 5.20. The summed E-state index contributed by atoms with van der Waals surface area (Å²) in [5.74, 6) is -0.296. The highest BCUT2D eigenvalue weighted by Crippen LogP contribution is 2.27. The third-order valence-corrected chi connectivity index (χ3v) is 3.03. The topological polar surface area (TPSA) is 18.5 Å². The van der Waals surface area contributed by atoms with Gasteiger partial charge < -0.3 is 9.47 Å². The summed E-state index contributed by atoms with van der Waals surface area (Å²) in [5.41, 5.74) is 0. The molecule has 1 aliphatic heterocycles. The molecule has 1 rings (SSSR count). The maximum absolute atomic E-state index is 5.57. The van der Waals surface area contributed by atoms with Gasteiger partial charge in [0.15, 0.2) is 5.79 Å². The van der Waals surface area contributed by atoms with Gasteiger partial charge in [0.05, 0.1) is 18.5 Å². The lowest BCUT2D eigenvalue weighted by molar-refractivity contribution is -0.142. The molecule has 0 amide bonds. The molecular weight excluding hydrogens is 220 g/mol. The van der Waals surface area contributed by atoms with Crippen LogP contribution in [0.5, 0.6) is 0 Å². The number of hydrogen-bond acceptors (Lipinski definition) is 2. The fourth-order valence-electron chi connectivity index (χ4n) is 1.43. The first-order chi connectivity index (χ1) is 5.83. The van der Waals surface area contributed by atoms with Crippen molar-refractivity contribution in [1.29, 1.82) is 0 Å². The summed E-state index contributed by atoms with van der Waals surface area (Å²) in [5, 5.41) is 0.795. The number of alkyl halides is 1. The molecule has 0 N–H and O–H groups in total. The number of rotatable bonds is 5. The van der Waals surface area contributed by atoms with E-state index >= 15 is 0 Å². The molecule has 0 aromatic heterocycles. The molecule has 1 saturated heterocycles. The van der Waals surface area contributed by atoms with E-state index < -0.39 is 0 Å². The SMILES string of the molecule is CCCCCC1(CBr)OCCO1. The Morgan fingerprint density at radius 3 is 2.42 bits per heavy atom. The van der Waals surface area contributed by atoms with Gasteiger partial charge in [-0.05, 0) is 6.42 Å². The molecule has 0 aromatic rings. The first kappa shape index (κ1) is 10.5. The van der Waals surface area contributed by atoms with Gasteiger partial charge in [0, 0.05) is 6.42 Å². The highest BCUT2D eigenvalue weighted by Gasteiger charge is 2.34. The first-order valence-electron chi connectivity index (χ1n) is 4.67. The van der Waals surface area contributed by atoms with Gasteiger partial charge in [-0.2, -0.15) is 0 Å². The zero-order valence-corrected chi connectivity index (χ0v) is 9.23. The van der Waals surface area contributed by atoms with Gasteiger partial charge in [-0.3, -0.25) is 0 Å². The van der Waals surface area contributed by atoms with E-state index in [0.717, 1.165) is 25.0 Å². The quantitative estimate of drug-likeness (QED) is 0.540. The third kappa shape index (κ3) is 2.71. The molecule has 2 nitrogen and oxygen atoms in total. The van der Waals surface area contributed by atoms with Crippen molar-refractivity contribution >= 4 is 15.9 Å². The molecule has 1 heterocycles. The summed E-state index contributed by atoms with van der Waals surface area (Å²) < 4.78 is 11.1. The number of ether oxygens (including phenoxy) is 2. The average Bonchev–Trinajstić information content (AvgIpc) is 2.55. The minimum absolute atomic E-state index is 0.296. The van der Waals surface area contributed by atoms with Crippen molar-refractivity contribution in [3.8, 4) is 0 Å². The third-order valence-electron chi connectivity index (χ3n) is 2.18. The average molecular weight is 237 g/mol. The Hall–Kier alpha value is 0.400. The molecule has 1 aliphatic rings. The van der Waals surface area contributed by atoms with Crippen molar-refractivity contribution < 1.29 is 9.47 Å². The van der Waals surface area contributed by atoms with Gasteiger partial charge >= 0.3 is 0 Å². The minimum atomic E-state index is -0.296. The van der Waals surface area contributed by atoms with E-state index in [0.29, 0.717) is 0 Å². The van der Waals surface area contributed by atoms with E-state index in [2.05, 4.69) is 22.9 Å². The van der Waals surface area contributed by atoms with Crippen molar-refractivity contribution in [2.24, 2.45) is 0 Å². The maximum Gasteiger partial charge on any atom is 0.178 e. The van der Waals surface area contributed by atoms with Crippen LogP contribution in [0.15, 0.2) is 0 Å². The summed E-state index contributed by atoms with van der Waals surface area (Å²) in [6.07, 6.45) is 4.73. The molecule has 0 saturated carbocycles. The summed E-state index contributed by atoms with van der Waals surface area (Å²) in [4.78, 5) is 0. The van der Waals surface area contributed by atoms with Crippen LogP contribution in [0.3, 0.4) is 0 Å². The van der Waals surface area contributed by atoms with Crippen LogP contribution in [-0.4, -0.2) is 24.3 Å². The summed E-state index contributed by atoms with van der Waals surface area (Å²) in [6, 6.07) is 0. The molecule has 12 heavy (non-hydrogen) atoms. The first-order valence-corrected chi connectivity index (χ1v) is 5.79. The monoisotopic (exact) mass is 236 g/mol. The van der Waals surface area contributed by atoms with Crippen LogP contribution in [-0.2, 0) is 9.47 Å². The summed E-state index contributed by atoms with van der Waals surface area (Å²) in [6.45, 7) is 3.70. The van der Waals surface area contributed by atoms with Crippen LogP contribution in [0.25, 0.3) is 0 Å². The smallest absolute Gasteiger partial charge is 0.178 e. The van der Waals surface area contributed by atoms with E-state index in [1.54, 1.807) is 0 Å². The molecule has 0 bridgehead atoms. The molecule has 0 radical (unpaired) electrons. The fourth-order valence-corrected chi connectivity index (χ4v) is 2.03. The van der Waals surface area contributed by atoms with Crippen LogP contribution in [0.4, 0.5) is 0 Å². The van der Waals surface area contributed by atoms with E-state index in [1.807, 2.05) is 0 Å². The number of halogens is 1. The van der Waals surface area contributed by atoms with E-state index in [1.165, 1.54) is 19.3 Å². The number of hydrogen-bond donors (Lipinski definition) is 0. The minimum Gasteiger partial charge on any atom is -0.347 e. The van der Waals surface area contributed by atoms with Gasteiger partial charge in [0.1, 0.15) is 0 Å². The van der Waals surface area contributed by atoms with E-state index in [9.17, 15) is 0 Å². The molecule has 3 heteroatoms. The second-order valence-electron chi connectivity index (χ2n) is 3.20. The van der Waals surface area contributed by atoms with Crippen LogP contribution in [0.1, 0.15) is 32.6 Å². The summed E-state index contributed by atoms with van der Waals surface area (Å²) in [7, 11) is 0. The Kier molecular flexibility index (Phi) is 4.54. The fraction of sp³-hybridized carbons (Fsp3) is 1.00. The molecule has 1 fully saturated rings. The van der Waals surface area contributed by atoms with E-state index in [-0.39, 0.29) is 5.79 Å². The highest BCUT2D eigenvalue weighted by molar-refractivity contribution is 9.09. The van der Waals surface area contributed by atoms with Crippen molar-refractivity contribution in [3.63, 3.8) is 0 Å². The van der Waals surface area contributed by atoms with Crippen molar-refractivity contribution in [2.45, 2.75) is 38.4 Å². The zero-order valence-electron chi connectivity index (χ0n) is 7.64. The lowest BCUT2D eigenvalue weighted by atomic mass is 10.1. The van der Waals surface area contributed by atoms with Gasteiger partial charge in [-0.25, -0.2) is 0 Å². The van der Waals surface area contributed by atoms with E-state index in [4.69, 9.17) is 9.47 Å². The Labute approximate surface area is 82.7 Å². The van der Waals surface area contributed by atoms with Crippen LogP contribution < -0.4 is 0 Å². The Morgan fingerprint density at radius 2 is 1.92 bits per heavy atom. The van der Waals surface area contributed by atoms with Gasteiger partial charge in [-0.15, -0.1) is 0 Å².